The minimum absolute atomic E-state index is 0.0970. The van der Waals surface area contributed by atoms with Gasteiger partial charge in [-0.2, -0.15) is 10.2 Å². The van der Waals surface area contributed by atoms with Gasteiger partial charge in [-0.3, -0.25) is 14.6 Å². The summed E-state index contributed by atoms with van der Waals surface area (Å²) in [6.07, 6.45) is 5.32. The van der Waals surface area contributed by atoms with Gasteiger partial charge in [0.05, 0.1) is 67.1 Å². The number of aromatic nitrogens is 6. The van der Waals surface area contributed by atoms with Gasteiger partial charge in [-0.25, -0.2) is 4.68 Å². The van der Waals surface area contributed by atoms with Gasteiger partial charge in [0.1, 0.15) is 6.10 Å². The van der Waals surface area contributed by atoms with E-state index in [9.17, 15) is 9.90 Å². The zero-order chi connectivity index (χ0) is 26.1. The topological polar surface area (TPSA) is 123 Å². The molecule has 194 valence electrons. The largest absolute Gasteiger partial charge is 0.476 e. The van der Waals surface area contributed by atoms with Crippen molar-refractivity contribution in [2.75, 3.05) is 19.8 Å². The Morgan fingerprint density at radius 2 is 2.16 bits per heavy atom. The number of carbonyl (C=O) groups excluding carboxylic acids is 1. The minimum atomic E-state index is -0.323. The van der Waals surface area contributed by atoms with E-state index in [0.29, 0.717) is 24.9 Å². The van der Waals surface area contributed by atoms with Gasteiger partial charge in [0.2, 0.25) is 17.7 Å². The molecule has 3 aromatic heterocycles. The molecule has 1 aliphatic heterocycles. The van der Waals surface area contributed by atoms with Crippen LogP contribution in [-0.4, -0.2) is 71.5 Å². The molecule has 4 heterocycles. The number of aryl methyl sites for hydroxylation is 1. The number of fused-ring (bicyclic) bond motifs is 4. The average molecular weight is 506 g/mol. The smallest absolute Gasteiger partial charge is 0.240 e. The van der Waals surface area contributed by atoms with Crippen LogP contribution in [0.25, 0.3) is 34.2 Å². The second-order valence-electron chi connectivity index (χ2n) is 9.06. The lowest BCUT2D eigenvalue weighted by Crippen LogP contribution is -2.37. The van der Waals surface area contributed by atoms with E-state index in [1.807, 2.05) is 45.2 Å². The zero-order valence-corrected chi connectivity index (χ0v) is 21.4. The average Bonchev–Trinajstić information content (AvgIpc) is 3.53. The summed E-state index contributed by atoms with van der Waals surface area (Å²) in [6.45, 7) is 6.59. The number of aliphatic hydroxyl groups is 1. The first-order valence-corrected chi connectivity index (χ1v) is 12.3. The highest BCUT2D eigenvalue weighted by atomic mass is 16.5. The van der Waals surface area contributed by atoms with Crippen molar-refractivity contribution >= 4 is 29.0 Å². The normalized spacial score (nSPS) is 16.6. The molecule has 37 heavy (non-hydrogen) atoms. The van der Waals surface area contributed by atoms with Gasteiger partial charge in [0.25, 0.3) is 0 Å². The van der Waals surface area contributed by atoms with Gasteiger partial charge < -0.3 is 19.5 Å². The van der Waals surface area contributed by atoms with E-state index in [2.05, 4.69) is 26.5 Å². The predicted molar refractivity (Wildman–Crippen MR) is 139 cm³/mol. The summed E-state index contributed by atoms with van der Waals surface area (Å²) < 4.78 is 15.6. The van der Waals surface area contributed by atoms with Crippen LogP contribution in [0.3, 0.4) is 0 Å². The Morgan fingerprint density at radius 3 is 2.92 bits per heavy atom. The molecule has 4 aromatic rings. The van der Waals surface area contributed by atoms with E-state index in [1.165, 1.54) is 6.92 Å². The third kappa shape index (κ3) is 4.69. The van der Waals surface area contributed by atoms with E-state index in [4.69, 9.17) is 9.47 Å². The number of rotatable bonds is 4. The summed E-state index contributed by atoms with van der Waals surface area (Å²) in [6, 6.07) is 6.02. The number of amides is 1. The molecule has 1 aliphatic rings. The summed E-state index contributed by atoms with van der Waals surface area (Å²) in [4.78, 5) is 14.5. The highest BCUT2D eigenvalue weighted by molar-refractivity contribution is 5.93. The summed E-state index contributed by atoms with van der Waals surface area (Å²) in [5, 5.41) is 27.2. The van der Waals surface area contributed by atoms with E-state index in [0.717, 1.165) is 39.0 Å². The maximum atomic E-state index is 12.7. The molecule has 2 bridgehead atoms. The number of benzene rings is 1. The van der Waals surface area contributed by atoms with Gasteiger partial charge in [0.15, 0.2) is 0 Å². The van der Waals surface area contributed by atoms with Crippen LogP contribution in [0.15, 0.2) is 24.4 Å². The van der Waals surface area contributed by atoms with E-state index in [-0.39, 0.29) is 31.7 Å². The Bertz CT molecular complexity index is 1470. The summed E-state index contributed by atoms with van der Waals surface area (Å²) in [5.41, 5.74) is 4.96. The van der Waals surface area contributed by atoms with Crippen molar-refractivity contribution in [2.45, 2.75) is 40.0 Å². The van der Waals surface area contributed by atoms with Crippen LogP contribution in [0.2, 0.25) is 0 Å². The molecule has 0 saturated heterocycles. The number of ether oxygens (including phenoxy) is 2. The number of hydrogen-bond donors (Lipinski definition) is 2. The van der Waals surface area contributed by atoms with Crippen molar-refractivity contribution in [1.29, 1.82) is 0 Å². The Morgan fingerprint density at radius 1 is 1.32 bits per heavy atom. The standard InChI is InChI=1S/C26H31N7O4/c1-5-36-25-19-7-9-23-20-12-18(6-8-22(20)28-29-23)21-13-27-31(4)26(21)37-16(2)14-32(17(3)35)15-24(19)33(30-25)10-11-34/h6-9,12-13,16,34H,5,10-11,14-15H2,1-4H3,(H,28,29)/b9-7+/t16-/m1/s1. The van der Waals surface area contributed by atoms with Crippen LogP contribution in [0.4, 0.5) is 0 Å². The molecular formula is C26H31N7O4. The van der Waals surface area contributed by atoms with Gasteiger partial charge in [0, 0.05) is 19.4 Å². The maximum absolute atomic E-state index is 12.7. The number of aromatic amines is 1. The molecule has 0 radical (unpaired) electrons. The van der Waals surface area contributed by atoms with Gasteiger partial charge in [-0.1, -0.05) is 6.07 Å². The lowest BCUT2D eigenvalue weighted by atomic mass is 10.1. The van der Waals surface area contributed by atoms with Crippen molar-refractivity contribution in [1.82, 2.24) is 34.7 Å². The predicted octanol–water partition coefficient (Wildman–Crippen LogP) is 2.85. The Hall–Kier alpha value is -4.12. The maximum Gasteiger partial charge on any atom is 0.240 e. The fourth-order valence-electron chi connectivity index (χ4n) is 4.62. The Balaban J connectivity index is 1.71. The SMILES string of the molecule is CCOc1nn(CCO)c2c1/C=C/c1[nH]nc3ccc(cc13)-c1cnn(C)c1O[C@H](C)CN(C(C)=O)C2. The molecule has 11 heteroatoms. The first kappa shape index (κ1) is 24.6. The zero-order valence-electron chi connectivity index (χ0n) is 21.4. The summed E-state index contributed by atoms with van der Waals surface area (Å²) in [7, 11) is 1.84. The fraction of sp³-hybridized carbons (Fsp3) is 0.385. The van der Waals surface area contributed by atoms with Crippen LogP contribution in [-0.2, 0) is 24.9 Å². The second kappa shape index (κ2) is 10.1. The number of nitrogens with one attached hydrogen (secondary N) is 1. The Kier molecular flexibility index (Phi) is 6.70. The van der Waals surface area contributed by atoms with Crippen LogP contribution >= 0.6 is 0 Å². The van der Waals surface area contributed by atoms with Gasteiger partial charge in [-0.15, -0.1) is 5.10 Å². The Labute approximate surface area is 214 Å². The number of H-pyrrole nitrogens is 1. The van der Waals surface area contributed by atoms with E-state index >= 15 is 0 Å². The van der Waals surface area contributed by atoms with Crippen LogP contribution in [0.1, 0.15) is 37.7 Å². The molecule has 1 atom stereocenters. The van der Waals surface area contributed by atoms with Crippen molar-refractivity contribution in [3.05, 3.63) is 41.3 Å². The van der Waals surface area contributed by atoms with Crippen molar-refractivity contribution in [2.24, 2.45) is 7.05 Å². The summed E-state index contributed by atoms with van der Waals surface area (Å²) in [5.74, 6) is 0.967. The lowest BCUT2D eigenvalue weighted by molar-refractivity contribution is -0.130. The molecule has 0 fully saturated rings. The fourth-order valence-corrected chi connectivity index (χ4v) is 4.62. The van der Waals surface area contributed by atoms with Crippen molar-refractivity contribution in [3.63, 3.8) is 0 Å². The molecule has 0 spiro atoms. The number of carbonyl (C=O) groups is 1. The minimum Gasteiger partial charge on any atom is -0.476 e. The molecule has 1 amide bonds. The van der Waals surface area contributed by atoms with Gasteiger partial charge in [-0.05, 0) is 43.7 Å². The first-order chi connectivity index (χ1) is 17.9. The molecule has 2 N–H and O–H groups in total. The third-order valence-electron chi connectivity index (χ3n) is 6.43. The van der Waals surface area contributed by atoms with Crippen LogP contribution in [0.5, 0.6) is 11.8 Å². The molecule has 0 unspecified atom stereocenters. The summed E-state index contributed by atoms with van der Waals surface area (Å²) >= 11 is 0. The molecule has 5 rings (SSSR count). The van der Waals surface area contributed by atoms with E-state index < -0.39 is 0 Å². The molecule has 11 nitrogen and oxygen atoms in total. The van der Waals surface area contributed by atoms with Crippen LogP contribution in [0, 0.1) is 0 Å². The van der Waals surface area contributed by atoms with Crippen molar-refractivity contribution < 1.29 is 19.4 Å². The monoisotopic (exact) mass is 505 g/mol. The molecule has 0 aliphatic carbocycles. The van der Waals surface area contributed by atoms with Crippen LogP contribution < -0.4 is 9.47 Å². The van der Waals surface area contributed by atoms with Crippen molar-refractivity contribution in [3.8, 4) is 22.9 Å². The van der Waals surface area contributed by atoms with Gasteiger partial charge >= 0.3 is 0 Å². The second-order valence-corrected chi connectivity index (χ2v) is 9.06. The highest BCUT2D eigenvalue weighted by Crippen LogP contribution is 2.34. The number of hydrogen-bond acceptors (Lipinski definition) is 7. The number of nitrogens with zero attached hydrogens (tertiary/aromatic N) is 6. The third-order valence-corrected chi connectivity index (χ3v) is 6.43. The molecular weight excluding hydrogens is 474 g/mol. The molecule has 1 aromatic carbocycles. The lowest BCUT2D eigenvalue weighted by Gasteiger charge is -2.26. The molecule has 0 saturated carbocycles. The first-order valence-electron chi connectivity index (χ1n) is 12.3. The number of aliphatic hydroxyl groups excluding tert-OH is 1. The quantitative estimate of drug-likeness (QED) is 0.437. The van der Waals surface area contributed by atoms with E-state index in [1.54, 1.807) is 20.5 Å². The highest BCUT2D eigenvalue weighted by Gasteiger charge is 2.24.